The number of nitrogens with one attached hydrogen (secondary N) is 2. The van der Waals surface area contributed by atoms with Gasteiger partial charge in [-0.1, -0.05) is 25.5 Å². The van der Waals surface area contributed by atoms with Crippen LogP contribution >= 0.6 is 12.2 Å². The molecule has 3 rings (SSSR count). The normalized spacial score (nSPS) is 13.6. The second-order valence-corrected chi connectivity index (χ2v) is 7.16. The molecule has 0 aliphatic carbocycles. The molecule has 154 valence electrons. The number of para-hydroxylation sites is 2. The van der Waals surface area contributed by atoms with Crippen LogP contribution in [0, 0.1) is 0 Å². The molecule has 6 nitrogen and oxygen atoms in total. The number of amides is 1. The number of unbranched alkanes of at least 4 members (excludes halogenated alkanes) is 1. The van der Waals surface area contributed by atoms with Crippen molar-refractivity contribution in [2.75, 3.05) is 43.1 Å². The molecule has 0 atom stereocenters. The first-order valence-electron chi connectivity index (χ1n) is 9.94. The zero-order valence-electron chi connectivity index (χ0n) is 16.6. The van der Waals surface area contributed by atoms with Crippen LogP contribution in [0.2, 0.25) is 0 Å². The van der Waals surface area contributed by atoms with Crippen LogP contribution in [-0.4, -0.2) is 43.9 Å². The van der Waals surface area contributed by atoms with Crippen molar-refractivity contribution in [2.24, 2.45) is 0 Å². The largest absolute Gasteiger partial charge is 0.494 e. The van der Waals surface area contributed by atoms with Gasteiger partial charge >= 0.3 is 0 Å². The van der Waals surface area contributed by atoms with Crippen molar-refractivity contribution in [2.45, 2.75) is 19.8 Å². The molecule has 0 saturated carbocycles. The Morgan fingerprint density at radius 3 is 2.59 bits per heavy atom. The Labute approximate surface area is 177 Å². The van der Waals surface area contributed by atoms with Crippen molar-refractivity contribution in [3.63, 3.8) is 0 Å². The van der Waals surface area contributed by atoms with E-state index in [4.69, 9.17) is 21.7 Å². The Morgan fingerprint density at radius 2 is 1.86 bits per heavy atom. The van der Waals surface area contributed by atoms with Crippen LogP contribution in [-0.2, 0) is 4.74 Å². The Balaban J connectivity index is 1.57. The Bertz CT molecular complexity index is 820. The van der Waals surface area contributed by atoms with Gasteiger partial charge in [0.05, 0.1) is 31.2 Å². The third-order valence-electron chi connectivity index (χ3n) is 4.61. The van der Waals surface area contributed by atoms with Gasteiger partial charge < -0.3 is 19.7 Å². The summed E-state index contributed by atoms with van der Waals surface area (Å²) in [5.41, 5.74) is 2.43. The summed E-state index contributed by atoms with van der Waals surface area (Å²) >= 11 is 5.36. The van der Waals surface area contributed by atoms with Gasteiger partial charge in [0.25, 0.3) is 5.91 Å². The van der Waals surface area contributed by atoms with Gasteiger partial charge in [0, 0.05) is 18.7 Å². The van der Waals surface area contributed by atoms with Gasteiger partial charge in [-0.25, -0.2) is 0 Å². The highest BCUT2D eigenvalue weighted by Crippen LogP contribution is 2.26. The van der Waals surface area contributed by atoms with Crippen molar-refractivity contribution < 1.29 is 14.3 Å². The molecule has 1 amide bonds. The Kier molecular flexibility index (Phi) is 7.84. The number of ether oxygens (including phenoxy) is 2. The fourth-order valence-electron chi connectivity index (χ4n) is 3.03. The van der Waals surface area contributed by atoms with Crippen molar-refractivity contribution in [1.29, 1.82) is 0 Å². The number of hydrogen-bond acceptors (Lipinski definition) is 5. The van der Waals surface area contributed by atoms with Crippen LogP contribution in [0.4, 0.5) is 11.4 Å². The molecule has 29 heavy (non-hydrogen) atoms. The van der Waals surface area contributed by atoms with Crippen molar-refractivity contribution in [1.82, 2.24) is 5.32 Å². The van der Waals surface area contributed by atoms with Gasteiger partial charge in [0.15, 0.2) is 5.11 Å². The number of carbonyl (C=O) groups is 1. The molecule has 1 saturated heterocycles. The smallest absolute Gasteiger partial charge is 0.257 e. The zero-order valence-corrected chi connectivity index (χ0v) is 17.5. The number of hydrogen-bond donors (Lipinski definition) is 2. The van der Waals surface area contributed by atoms with Gasteiger partial charge in [-0.05, 0) is 55.0 Å². The highest BCUT2D eigenvalue weighted by atomic mass is 32.1. The number of anilines is 2. The monoisotopic (exact) mass is 413 g/mol. The third-order valence-corrected chi connectivity index (χ3v) is 4.82. The molecule has 0 bridgehead atoms. The summed E-state index contributed by atoms with van der Waals surface area (Å²) in [6, 6.07) is 15.0. The number of morpholine rings is 1. The van der Waals surface area contributed by atoms with Crippen molar-refractivity contribution >= 4 is 34.6 Å². The van der Waals surface area contributed by atoms with E-state index in [1.807, 2.05) is 24.3 Å². The number of thiocarbonyl (C=S) groups is 1. The van der Waals surface area contributed by atoms with E-state index in [2.05, 4.69) is 22.5 Å². The van der Waals surface area contributed by atoms with E-state index in [1.165, 1.54) is 0 Å². The van der Waals surface area contributed by atoms with E-state index in [1.54, 1.807) is 24.3 Å². The third kappa shape index (κ3) is 6.17. The lowest BCUT2D eigenvalue weighted by molar-refractivity contribution is 0.0977. The van der Waals surface area contributed by atoms with Gasteiger partial charge in [-0.2, -0.15) is 0 Å². The van der Waals surface area contributed by atoms with E-state index in [9.17, 15) is 4.79 Å². The van der Waals surface area contributed by atoms with Crippen molar-refractivity contribution in [3.05, 3.63) is 54.1 Å². The predicted molar refractivity (Wildman–Crippen MR) is 120 cm³/mol. The summed E-state index contributed by atoms with van der Waals surface area (Å²) < 4.78 is 11.1. The molecule has 0 unspecified atom stereocenters. The average molecular weight is 414 g/mol. The molecule has 7 heteroatoms. The molecule has 2 N–H and O–H groups in total. The number of nitrogens with zero attached hydrogens (tertiary/aromatic N) is 1. The molecule has 0 aromatic heterocycles. The van der Waals surface area contributed by atoms with Crippen LogP contribution in [0.3, 0.4) is 0 Å². The summed E-state index contributed by atoms with van der Waals surface area (Å²) in [5.74, 6) is 0.501. The SMILES string of the molecule is CCCCOc1ccc(C(=O)NC(=S)Nc2ccccc2N2CCOCC2)cc1. The van der Waals surface area contributed by atoms with Crippen LogP contribution in [0.15, 0.2) is 48.5 Å². The molecule has 0 spiro atoms. The first kappa shape index (κ1) is 21.1. The first-order valence-corrected chi connectivity index (χ1v) is 10.3. The second kappa shape index (κ2) is 10.8. The fourth-order valence-corrected chi connectivity index (χ4v) is 3.23. The minimum absolute atomic E-state index is 0.258. The minimum Gasteiger partial charge on any atom is -0.494 e. The molecule has 0 radical (unpaired) electrons. The van der Waals surface area contributed by atoms with E-state index in [-0.39, 0.29) is 11.0 Å². The van der Waals surface area contributed by atoms with E-state index < -0.39 is 0 Å². The first-order chi connectivity index (χ1) is 14.2. The molecule has 1 aliphatic rings. The van der Waals surface area contributed by atoms with Crippen LogP contribution < -0.4 is 20.3 Å². The second-order valence-electron chi connectivity index (χ2n) is 6.75. The quantitative estimate of drug-likeness (QED) is 0.531. The maximum absolute atomic E-state index is 12.5. The highest BCUT2D eigenvalue weighted by Gasteiger charge is 2.16. The average Bonchev–Trinajstić information content (AvgIpc) is 2.75. The number of rotatable bonds is 7. The summed E-state index contributed by atoms with van der Waals surface area (Å²) in [5, 5.41) is 6.15. The molecule has 2 aromatic carbocycles. The predicted octanol–water partition coefficient (Wildman–Crippen LogP) is 3.83. The van der Waals surface area contributed by atoms with Gasteiger partial charge in [0.1, 0.15) is 5.75 Å². The maximum atomic E-state index is 12.5. The summed E-state index contributed by atoms with van der Waals surface area (Å²) in [6.45, 7) is 5.85. The Hall–Kier alpha value is -2.64. The lowest BCUT2D eigenvalue weighted by Gasteiger charge is -2.30. The minimum atomic E-state index is -0.258. The van der Waals surface area contributed by atoms with Gasteiger partial charge in [-0.3, -0.25) is 10.1 Å². The molecular formula is C22H27N3O3S. The van der Waals surface area contributed by atoms with Crippen LogP contribution in [0.1, 0.15) is 30.1 Å². The molecule has 1 heterocycles. The highest BCUT2D eigenvalue weighted by molar-refractivity contribution is 7.80. The topological polar surface area (TPSA) is 62.8 Å². The number of benzene rings is 2. The van der Waals surface area contributed by atoms with E-state index in [0.717, 1.165) is 43.1 Å². The lowest BCUT2D eigenvalue weighted by atomic mass is 10.2. The van der Waals surface area contributed by atoms with Crippen LogP contribution in [0.5, 0.6) is 5.75 Å². The summed E-state index contributed by atoms with van der Waals surface area (Å²) in [4.78, 5) is 14.7. The standard InChI is InChI=1S/C22H27N3O3S/c1-2-3-14-28-18-10-8-17(9-11-18)21(26)24-22(29)23-19-6-4-5-7-20(19)25-12-15-27-16-13-25/h4-11H,2-3,12-16H2,1H3,(H2,23,24,26,29). The maximum Gasteiger partial charge on any atom is 0.257 e. The summed E-state index contributed by atoms with van der Waals surface area (Å²) in [7, 11) is 0. The molecule has 1 fully saturated rings. The molecule has 2 aromatic rings. The fraction of sp³-hybridized carbons (Fsp3) is 0.364. The van der Waals surface area contributed by atoms with E-state index in [0.29, 0.717) is 25.4 Å². The zero-order chi connectivity index (χ0) is 20.5. The van der Waals surface area contributed by atoms with Gasteiger partial charge in [0.2, 0.25) is 0 Å². The number of carbonyl (C=O) groups excluding carboxylic acids is 1. The van der Waals surface area contributed by atoms with Crippen LogP contribution in [0.25, 0.3) is 0 Å². The van der Waals surface area contributed by atoms with Crippen molar-refractivity contribution in [3.8, 4) is 5.75 Å². The summed E-state index contributed by atoms with van der Waals surface area (Å²) in [6.07, 6.45) is 2.09. The van der Waals surface area contributed by atoms with E-state index >= 15 is 0 Å². The molecular weight excluding hydrogens is 386 g/mol. The van der Waals surface area contributed by atoms with Gasteiger partial charge in [-0.15, -0.1) is 0 Å². The Morgan fingerprint density at radius 1 is 1.14 bits per heavy atom. The molecule has 1 aliphatic heterocycles. The lowest BCUT2D eigenvalue weighted by Crippen LogP contribution is -2.38.